The van der Waals surface area contributed by atoms with Gasteiger partial charge in [-0.05, 0) is 68.9 Å². The van der Waals surface area contributed by atoms with Crippen molar-refractivity contribution in [2.45, 2.75) is 43.8 Å². The molecular weight excluding hydrogens is 536 g/mol. The van der Waals surface area contributed by atoms with Crippen molar-refractivity contribution in [2.24, 2.45) is 0 Å². The average Bonchev–Trinajstić information content (AvgIpc) is 3.50. The fourth-order valence-electron chi connectivity index (χ4n) is 6.61. The minimum atomic E-state index is -0.706. The molecule has 3 atom stereocenters. The third-order valence-electron chi connectivity index (χ3n) is 8.61. The van der Waals surface area contributed by atoms with Crippen molar-refractivity contribution in [1.82, 2.24) is 20.2 Å². The first-order valence-electron chi connectivity index (χ1n) is 13.8. The normalized spacial score (nSPS) is 23.0. The van der Waals surface area contributed by atoms with E-state index < -0.39 is 11.6 Å². The lowest BCUT2D eigenvalue weighted by molar-refractivity contribution is 0.188. The van der Waals surface area contributed by atoms with Crippen LogP contribution in [0, 0.1) is 11.6 Å². The number of phenols is 1. The van der Waals surface area contributed by atoms with E-state index in [4.69, 9.17) is 21.3 Å². The Bertz CT molecular complexity index is 1620. The molecule has 2 N–H and O–H groups in total. The Hall–Kier alpha value is -3.27. The summed E-state index contributed by atoms with van der Waals surface area (Å²) in [5.41, 5.74) is 0.192. The summed E-state index contributed by atoms with van der Waals surface area (Å²) < 4.78 is 37.8. The van der Waals surface area contributed by atoms with Gasteiger partial charge in [-0.1, -0.05) is 23.7 Å². The van der Waals surface area contributed by atoms with Gasteiger partial charge in [0.1, 0.15) is 29.5 Å². The molecule has 3 aromatic carbocycles. The summed E-state index contributed by atoms with van der Waals surface area (Å²) in [4.78, 5) is 13.7. The fraction of sp³-hybridized carbons (Fsp3) is 0.400. The summed E-state index contributed by atoms with van der Waals surface area (Å²) >= 11 is 6.76. The van der Waals surface area contributed by atoms with E-state index in [1.54, 1.807) is 18.2 Å². The van der Waals surface area contributed by atoms with E-state index in [0.29, 0.717) is 35.3 Å². The Balaban J connectivity index is 1.40. The lowest BCUT2D eigenvalue weighted by Gasteiger charge is -2.34. The van der Waals surface area contributed by atoms with Crippen LogP contribution in [0.1, 0.15) is 25.7 Å². The zero-order chi connectivity index (χ0) is 27.5. The number of fused-ring (bicyclic) bond motifs is 4. The predicted molar refractivity (Wildman–Crippen MR) is 152 cm³/mol. The van der Waals surface area contributed by atoms with Crippen LogP contribution in [0.15, 0.2) is 36.4 Å². The lowest BCUT2D eigenvalue weighted by atomic mass is 9.95. The number of likely N-dealkylation sites (N-methyl/N-ethyl adjacent to an activating group) is 1. The molecule has 7 rings (SSSR count). The molecular formula is C30H30ClF2N5O2. The third-order valence-corrected chi connectivity index (χ3v) is 8.91. The van der Waals surface area contributed by atoms with Crippen molar-refractivity contribution in [3.8, 4) is 22.9 Å². The SMILES string of the molecule is CN1CCC[C@H]1COc1nc(N2C[C@@H]3CC[C@@H](C2)N3)c2cc(Cl)c(-c3cc(O)cc4cccc(F)c34)c(F)c2n1. The number of piperazine rings is 1. The van der Waals surface area contributed by atoms with E-state index in [1.807, 2.05) is 0 Å². The van der Waals surface area contributed by atoms with Gasteiger partial charge in [-0.3, -0.25) is 0 Å². The molecule has 4 aromatic rings. The van der Waals surface area contributed by atoms with Crippen LogP contribution in [0.5, 0.6) is 11.8 Å². The van der Waals surface area contributed by atoms with Crippen molar-refractivity contribution >= 4 is 39.1 Å². The van der Waals surface area contributed by atoms with Gasteiger partial charge in [-0.2, -0.15) is 9.97 Å². The minimum absolute atomic E-state index is 0.0216. The average molecular weight is 566 g/mol. The molecule has 3 aliphatic rings. The van der Waals surface area contributed by atoms with Crippen LogP contribution in [0.25, 0.3) is 32.8 Å². The molecule has 3 saturated heterocycles. The minimum Gasteiger partial charge on any atom is -0.508 e. The molecule has 40 heavy (non-hydrogen) atoms. The molecule has 10 heteroatoms. The molecule has 1 aromatic heterocycles. The number of phenolic OH excluding ortho intramolecular Hbond substituents is 1. The van der Waals surface area contributed by atoms with Gasteiger partial charge in [0.15, 0.2) is 5.82 Å². The van der Waals surface area contributed by atoms with Gasteiger partial charge in [0.05, 0.1) is 5.02 Å². The molecule has 0 spiro atoms. The van der Waals surface area contributed by atoms with E-state index >= 15 is 8.78 Å². The van der Waals surface area contributed by atoms with Crippen molar-refractivity contribution < 1.29 is 18.6 Å². The van der Waals surface area contributed by atoms with Crippen molar-refractivity contribution in [2.75, 3.05) is 38.2 Å². The van der Waals surface area contributed by atoms with Gasteiger partial charge in [-0.15, -0.1) is 0 Å². The molecule has 3 fully saturated rings. The van der Waals surface area contributed by atoms with E-state index in [0.717, 1.165) is 45.3 Å². The molecule has 4 heterocycles. The summed E-state index contributed by atoms with van der Waals surface area (Å²) in [5, 5.41) is 15.2. The Morgan fingerprint density at radius 3 is 2.65 bits per heavy atom. The highest BCUT2D eigenvalue weighted by molar-refractivity contribution is 6.35. The highest BCUT2D eigenvalue weighted by atomic mass is 35.5. The molecule has 0 amide bonds. The van der Waals surface area contributed by atoms with E-state index in [-0.39, 0.29) is 44.9 Å². The second-order valence-corrected chi connectivity index (χ2v) is 11.6. The van der Waals surface area contributed by atoms with Crippen molar-refractivity contribution in [1.29, 1.82) is 0 Å². The number of anilines is 1. The van der Waals surface area contributed by atoms with Crippen molar-refractivity contribution in [3.05, 3.63) is 53.1 Å². The third kappa shape index (κ3) is 4.40. The highest BCUT2D eigenvalue weighted by Crippen LogP contribution is 2.43. The number of hydrogen-bond donors (Lipinski definition) is 2. The molecule has 208 valence electrons. The van der Waals surface area contributed by atoms with Crippen LogP contribution in [0.3, 0.4) is 0 Å². The second kappa shape index (κ2) is 9.98. The number of halogens is 3. The smallest absolute Gasteiger partial charge is 0.319 e. The van der Waals surface area contributed by atoms with Gasteiger partial charge >= 0.3 is 6.01 Å². The second-order valence-electron chi connectivity index (χ2n) is 11.2. The largest absolute Gasteiger partial charge is 0.508 e. The Kier molecular flexibility index (Phi) is 6.40. The van der Waals surface area contributed by atoms with Crippen LogP contribution in [0.4, 0.5) is 14.6 Å². The quantitative estimate of drug-likeness (QED) is 0.331. The van der Waals surface area contributed by atoms with Gasteiger partial charge in [0.2, 0.25) is 0 Å². The number of nitrogens with zero attached hydrogens (tertiary/aromatic N) is 4. The van der Waals surface area contributed by atoms with Gasteiger partial charge in [0, 0.05) is 53.1 Å². The van der Waals surface area contributed by atoms with E-state index in [9.17, 15) is 5.11 Å². The maximum Gasteiger partial charge on any atom is 0.319 e. The number of likely N-dealkylation sites (tertiary alicyclic amines) is 1. The summed E-state index contributed by atoms with van der Waals surface area (Å²) in [6, 6.07) is 9.97. The van der Waals surface area contributed by atoms with Crippen LogP contribution in [-0.4, -0.2) is 71.4 Å². The maximum absolute atomic E-state index is 16.6. The summed E-state index contributed by atoms with van der Waals surface area (Å²) in [5.74, 6) is -0.778. The maximum atomic E-state index is 16.6. The van der Waals surface area contributed by atoms with E-state index in [1.165, 1.54) is 18.2 Å². The number of hydrogen-bond acceptors (Lipinski definition) is 7. The first kappa shape index (κ1) is 25.7. The molecule has 2 bridgehead atoms. The Labute approximate surface area is 235 Å². The molecule has 0 aliphatic carbocycles. The molecule has 0 saturated carbocycles. The number of nitrogens with one attached hydrogen (secondary N) is 1. The van der Waals surface area contributed by atoms with Crippen molar-refractivity contribution in [3.63, 3.8) is 0 Å². The van der Waals surface area contributed by atoms with Gasteiger partial charge in [0.25, 0.3) is 0 Å². The number of benzene rings is 3. The highest BCUT2D eigenvalue weighted by Gasteiger charge is 2.34. The number of ether oxygens (including phenoxy) is 1. The zero-order valence-corrected chi connectivity index (χ0v) is 22.9. The zero-order valence-electron chi connectivity index (χ0n) is 22.1. The van der Waals surface area contributed by atoms with Gasteiger partial charge < -0.3 is 25.0 Å². The van der Waals surface area contributed by atoms with E-state index in [2.05, 4.69) is 27.1 Å². The number of aromatic hydroxyl groups is 1. The molecule has 0 unspecified atom stereocenters. The Morgan fingerprint density at radius 2 is 1.90 bits per heavy atom. The predicted octanol–water partition coefficient (Wildman–Crippen LogP) is 5.50. The number of aromatic nitrogens is 2. The fourth-order valence-corrected chi connectivity index (χ4v) is 6.90. The first-order chi connectivity index (χ1) is 19.4. The monoisotopic (exact) mass is 565 g/mol. The molecule has 3 aliphatic heterocycles. The Morgan fingerprint density at radius 1 is 1.10 bits per heavy atom. The molecule has 0 radical (unpaired) electrons. The standard InChI is InChI=1S/C30H30ClF2N5O2/c1-37-9-3-5-19(37)15-40-30-35-28-22(29(36-30)38-13-17-7-8-18(14-38)34-17)12-23(31)26(27(28)33)21-11-20(39)10-16-4-2-6-24(32)25(16)21/h2,4,6,10-12,17-19,34,39H,3,5,7-9,13-15H2,1H3/t17-,18-,19-/m0/s1. The topological polar surface area (TPSA) is 73.8 Å². The van der Waals surface area contributed by atoms with Crippen LogP contribution in [-0.2, 0) is 0 Å². The first-order valence-corrected chi connectivity index (χ1v) is 14.2. The lowest BCUT2D eigenvalue weighted by Crippen LogP contribution is -2.51. The van der Waals surface area contributed by atoms with Crippen LogP contribution < -0.4 is 15.0 Å². The summed E-state index contributed by atoms with van der Waals surface area (Å²) in [6.07, 6.45) is 4.28. The molecule has 7 nitrogen and oxygen atoms in total. The van der Waals surface area contributed by atoms with Gasteiger partial charge in [-0.25, -0.2) is 8.78 Å². The van der Waals surface area contributed by atoms with Crippen LogP contribution in [0.2, 0.25) is 5.02 Å². The summed E-state index contributed by atoms with van der Waals surface area (Å²) in [7, 11) is 2.07. The summed E-state index contributed by atoms with van der Waals surface area (Å²) in [6.45, 7) is 2.87. The number of rotatable bonds is 5. The van der Waals surface area contributed by atoms with Crippen LogP contribution >= 0.6 is 11.6 Å².